The summed E-state index contributed by atoms with van der Waals surface area (Å²) in [5, 5.41) is 1.74. The van der Waals surface area contributed by atoms with Crippen LogP contribution in [0.1, 0.15) is 20.7 Å². The van der Waals surface area contributed by atoms with Gasteiger partial charge in [-0.25, -0.2) is 4.98 Å². The molecule has 2 aromatic carbocycles. The van der Waals surface area contributed by atoms with E-state index in [1.165, 1.54) is 11.9 Å². The number of aromatic amines is 1. The number of aromatic nitrogens is 3. The van der Waals surface area contributed by atoms with Crippen LogP contribution in [0.15, 0.2) is 30.6 Å². The highest BCUT2D eigenvalue weighted by atomic mass is 16.2. The summed E-state index contributed by atoms with van der Waals surface area (Å²) in [7, 11) is 3.40. The molecule has 0 radical (unpaired) electrons. The summed E-state index contributed by atoms with van der Waals surface area (Å²) >= 11 is 0. The van der Waals surface area contributed by atoms with Gasteiger partial charge in [0.25, 0.3) is 11.8 Å². The number of amides is 2. The van der Waals surface area contributed by atoms with Crippen LogP contribution in [0, 0.1) is 0 Å². The maximum Gasteiger partial charge on any atom is 0.263 e. The van der Waals surface area contributed by atoms with Crippen molar-refractivity contribution in [1.82, 2.24) is 19.4 Å². The molecule has 0 fully saturated rings. The predicted octanol–water partition coefficient (Wildman–Crippen LogP) is 2.43. The molecule has 0 spiro atoms. The summed E-state index contributed by atoms with van der Waals surface area (Å²) in [6, 6.07) is 7.81. The average Bonchev–Trinajstić information content (AvgIpc) is 3.17. The van der Waals surface area contributed by atoms with E-state index in [4.69, 9.17) is 0 Å². The van der Waals surface area contributed by atoms with Gasteiger partial charge < -0.3 is 9.55 Å². The van der Waals surface area contributed by atoms with Crippen LogP contribution in [0.2, 0.25) is 0 Å². The highest BCUT2D eigenvalue weighted by Gasteiger charge is 2.38. The third kappa shape index (κ3) is 1.27. The van der Waals surface area contributed by atoms with E-state index in [1.807, 2.05) is 35.9 Å². The van der Waals surface area contributed by atoms with E-state index in [9.17, 15) is 9.59 Å². The normalized spacial score (nSPS) is 14.6. The number of hydrogen-bond donors (Lipinski definition) is 1. The Morgan fingerprint density at radius 3 is 2.61 bits per heavy atom. The van der Waals surface area contributed by atoms with Crippen molar-refractivity contribution in [3.05, 3.63) is 41.7 Å². The number of nitrogens with zero attached hydrogens (tertiary/aromatic N) is 3. The molecule has 112 valence electrons. The first kappa shape index (κ1) is 12.4. The lowest BCUT2D eigenvalue weighted by atomic mass is 10.00. The van der Waals surface area contributed by atoms with Gasteiger partial charge in [-0.05, 0) is 6.07 Å². The van der Waals surface area contributed by atoms with Crippen LogP contribution in [-0.2, 0) is 7.05 Å². The van der Waals surface area contributed by atoms with Crippen LogP contribution in [-0.4, -0.2) is 38.3 Å². The summed E-state index contributed by atoms with van der Waals surface area (Å²) in [5.74, 6) is -0.562. The number of carbonyl (C=O) groups excluding carboxylic acids is 2. The van der Waals surface area contributed by atoms with Gasteiger partial charge in [0.15, 0.2) is 0 Å². The molecular weight excluding hydrogens is 292 g/mol. The van der Waals surface area contributed by atoms with Crippen molar-refractivity contribution in [2.45, 2.75) is 0 Å². The predicted molar refractivity (Wildman–Crippen MR) is 86.5 cm³/mol. The molecule has 0 bridgehead atoms. The van der Waals surface area contributed by atoms with Gasteiger partial charge in [-0.3, -0.25) is 14.5 Å². The first-order chi connectivity index (χ1) is 11.1. The number of imide groups is 1. The quantitative estimate of drug-likeness (QED) is 0.507. The molecule has 6 heteroatoms. The Morgan fingerprint density at radius 2 is 1.78 bits per heavy atom. The van der Waals surface area contributed by atoms with Gasteiger partial charge in [-0.2, -0.15) is 0 Å². The van der Waals surface area contributed by atoms with E-state index in [1.54, 1.807) is 6.33 Å². The SMILES string of the molecule is CN1C(=O)c2c(c3c4ccccc4[nH]c3c3c2ncn3C)C1=O. The standard InChI is InChI=1S/C17H12N4O2/c1-20-7-18-13-12-11(16(22)21(2)17(12)23)10-8-5-3-4-6-9(8)19-14(10)15(13)20/h3-7,19H,1-2H3. The Labute approximate surface area is 130 Å². The minimum absolute atomic E-state index is 0.271. The third-order valence-electron chi connectivity index (χ3n) is 4.65. The second-order valence-corrected chi connectivity index (χ2v) is 5.89. The van der Waals surface area contributed by atoms with E-state index in [0.717, 1.165) is 27.3 Å². The molecule has 0 aliphatic carbocycles. The van der Waals surface area contributed by atoms with Crippen LogP contribution < -0.4 is 0 Å². The van der Waals surface area contributed by atoms with Crippen LogP contribution in [0.3, 0.4) is 0 Å². The number of fused-ring (bicyclic) bond motifs is 8. The number of aryl methyl sites for hydroxylation is 1. The highest BCUT2D eigenvalue weighted by molar-refractivity contribution is 6.35. The topological polar surface area (TPSA) is 71.0 Å². The molecule has 0 atom stereocenters. The molecule has 0 saturated heterocycles. The van der Waals surface area contributed by atoms with Gasteiger partial charge in [0.1, 0.15) is 5.52 Å². The number of imidazole rings is 1. The van der Waals surface area contributed by atoms with E-state index in [0.29, 0.717) is 16.6 Å². The van der Waals surface area contributed by atoms with Gasteiger partial charge in [-0.1, -0.05) is 18.2 Å². The summed E-state index contributed by atoms with van der Waals surface area (Å²) in [4.78, 5) is 34.2. The maximum absolute atomic E-state index is 12.7. The Morgan fingerprint density at radius 1 is 1.04 bits per heavy atom. The first-order valence-corrected chi connectivity index (χ1v) is 7.29. The fourth-order valence-electron chi connectivity index (χ4n) is 3.58. The van der Waals surface area contributed by atoms with E-state index < -0.39 is 0 Å². The molecule has 3 heterocycles. The molecule has 5 rings (SSSR count). The van der Waals surface area contributed by atoms with E-state index in [2.05, 4.69) is 9.97 Å². The van der Waals surface area contributed by atoms with Gasteiger partial charge in [-0.15, -0.1) is 0 Å². The number of carbonyl (C=O) groups is 2. The smallest absolute Gasteiger partial charge is 0.263 e. The van der Waals surface area contributed by atoms with Crippen molar-refractivity contribution in [1.29, 1.82) is 0 Å². The Bertz CT molecular complexity index is 1180. The zero-order chi connectivity index (χ0) is 15.9. The number of hydrogen-bond acceptors (Lipinski definition) is 3. The number of benzene rings is 2. The average molecular weight is 304 g/mol. The molecule has 0 unspecified atom stereocenters. The van der Waals surface area contributed by atoms with Crippen LogP contribution in [0.25, 0.3) is 32.8 Å². The molecule has 6 nitrogen and oxygen atoms in total. The summed E-state index contributed by atoms with van der Waals surface area (Å²) in [6.07, 6.45) is 1.67. The van der Waals surface area contributed by atoms with Crippen LogP contribution >= 0.6 is 0 Å². The second kappa shape index (κ2) is 3.78. The van der Waals surface area contributed by atoms with Gasteiger partial charge in [0, 0.05) is 30.4 Å². The monoisotopic (exact) mass is 304 g/mol. The Balaban J connectivity index is 2.19. The molecule has 1 aliphatic rings. The zero-order valence-corrected chi connectivity index (χ0v) is 12.5. The molecule has 0 saturated carbocycles. The zero-order valence-electron chi connectivity index (χ0n) is 12.5. The van der Waals surface area contributed by atoms with Crippen molar-refractivity contribution in [3.63, 3.8) is 0 Å². The molecular formula is C17H12N4O2. The van der Waals surface area contributed by atoms with Crippen LogP contribution in [0.5, 0.6) is 0 Å². The van der Waals surface area contributed by atoms with Crippen molar-refractivity contribution in [2.24, 2.45) is 7.05 Å². The van der Waals surface area contributed by atoms with Gasteiger partial charge in [0.05, 0.1) is 28.5 Å². The lowest BCUT2D eigenvalue weighted by Gasteiger charge is -2.03. The Hall–Kier alpha value is -3.15. The fourth-order valence-corrected chi connectivity index (χ4v) is 3.58. The maximum atomic E-state index is 12.7. The number of para-hydroxylation sites is 1. The lowest BCUT2D eigenvalue weighted by molar-refractivity contribution is 0.0694. The summed E-state index contributed by atoms with van der Waals surface area (Å²) < 4.78 is 1.88. The van der Waals surface area contributed by atoms with Gasteiger partial charge in [0.2, 0.25) is 0 Å². The van der Waals surface area contributed by atoms with Gasteiger partial charge >= 0.3 is 0 Å². The number of nitrogens with one attached hydrogen (secondary N) is 1. The van der Waals surface area contributed by atoms with Crippen LogP contribution in [0.4, 0.5) is 0 Å². The molecule has 23 heavy (non-hydrogen) atoms. The third-order valence-corrected chi connectivity index (χ3v) is 4.65. The van der Waals surface area contributed by atoms with E-state index in [-0.39, 0.29) is 11.8 Å². The van der Waals surface area contributed by atoms with E-state index >= 15 is 0 Å². The minimum Gasteiger partial charge on any atom is -0.353 e. The highest BCUT2D eigenvalue weighted by Crippen LogP contribution is 2.40. The summed E-state index contributed by atoms with van der Waals surface area (Å²) in [5.41, 5.74) is 4.06. The van der Waals surface area contributed by atoms with Crippen molar-refractivity contribution in [3.8, 4) is 0 Å². The lowest BCUT2D eigenvalue weighted by Crippen LogP contribution is -2.24. The first-order valence-electron chi connectivity index (χ1n) is 7.29. The summed E-state index contributed by atoms with van der Waals surface area (Å²) in [6.45, 7) is 0. The number of rotatable bonds is 0. The Kier molecular flexibility index (Phi) is 2.04. The van der Waals surface area contributed by atoms with Crippen molar-refractivity contribution >= 4 is 44.7 Å². The molecule has 4 aromatic rings. The van der Waals surface area contributed by atoms with Crippen molar-refractivity contribution < 1.29 is 9.59 Å². The molecule has 1 N–H and O–H groups in total. The minimum atomic E-state index is -0.291. The number of H-pyrrole nitrogens is 1. The fraction of sp³-hybridized carbons (Fsp3) is 0.118. The van der Waals surface area contributed by atoms with Crippen molar-refractivity contribution in [2.75, 3.05) is 7.05 Å². The molecule has 2 aromatic heterocycles. The molecule has 2 amide bonds. The second-order valence-electron chi connectivity index (χ2n) is 5.89. The molecule has 1 aliphatic heterocycles. The largest absolute Gasteiger partial charge is 0.353 e.